The highest BCUT2D eigenvalue weighted by atomic mass is 35.5. The molecule has 6 heteroatoms. The Kier molecular flexibility index (Phi) is 4.72. The first kappa shape index (κ1) is 16.0. The van der Waals surface area contributed by atoms with Crippen LogP contribution in [0.4, 0.5) is 17.2 Å². The second-order valence-electron chi connectivity index (χ2n) is 5.20. The van der Waals surface area contributed by atoms with Gasteiger partial charge in [0.25, 0.3) is 5.91 Å². The summed E-state index contributed by atoms with van der Waals surface area (Å²) in [6.45, 7) is 1.93. The molecule has 0 saturated heterocycles. The van der Waals surface area contributed by atoms with Crippen molar-refractivity contribution >= 4 is 34.7 Å². The molecule has 0 spiro atoms. The Balaban J connectivity index is 1.68. The normalized spacial score (nSPS) is 10.2. The van der Waals surface area contributed by atoms with Crippen molar-refractivity contribution in [3.05, 3.63) is 76.9 Å². The predicted molar refractivity (Wildman–Crippen MR) is 95.9 cm³/mol. The van der Waals surface area contributed by atoms with Gasteiger partial charge in [-0.15, -0.1) is 10.2 Å². The summed E-state index contributed by atoms with van der Waals surface area (Å²) in [5.74, 6) is 0.250. The van der Waals surface area contributed by atoms with E-state index < -0.39 is 0 Å². The standard InChI is InChI=1S/C18H15ClN4O/c1-12-4-2-3-5-15(12)21-18(24)16-10-11-17(23-22-16)20-14-8-6-13(19)7-9-14/h2-11H,1H3,(H,20,23)(H,21,24). The summed E-state index contributed by atoms with van der Waals surface area (Å²) in [7, 11) is 0. The average molecular weight is 339 g/mol. The molecule has 1 aromatic heterocycles. The topological polar surface area (TPSA) is 66.9 Å². The average Bonchev–Trinajstić information content (AvgIpc) is 2.59. The van der Waals surface area contributed by atoms with Crippen molar-refractivity contribution in [3.8, 4) is 0 Å². The molecular weight excluding hydrogens is 324 g/mol. The summed E-state index contributed by atoms with van der Waals surface area (Å²) < 4.78 is 0. The number of hydrogen-bond donors (Lipinski definition) is 2. The Morgan fingerprint density at radius 2 is 1.71 bits per heavy atom. The molecule has 0 aliphatic carbocycles. The number of anilines is 3. The smallest absolute Gasteiger partial charge is 0.276 e. The van der Waals surface area contributed by atoms with Gasteiger partial charge in [0.1, 0.15) is 0 Å². The number of aryl methyl sites for hydroxylation is 1. The zero-order valence-corrected chi connectivity index (χ0v) is 13.7. The highest BCUT2D eigenvalue weighted by molar-refractivity contribution is 6.30. The van der Waals surface area contributed by atoms with Gasteiger partial charge in [-0.25, -0.2) is 0 Å². The van der Waals surface area contributed by atoms with E-state index in [0.29, 0.717) is 10.8 Å². The fourth-order valence-electron chi connectivity index (χ4n) is 2.10. The molecule has 0 bridgehead atoms. The summed E-state index contributed by atoms with van der Waals surface area (Å²) in [4.78, 5) is 12.2. The summed E-state index contributed by atoms with van der Waals surface area (Å²) in [5, 5.41) is 14.6. The van der Waals surface area contributed by atoms with Crippen LogP contribution in [0.15, 0.2) is 60.7 Å². The highest BCUT2D eigenvalue weighted by Gasteiger charge is 2.10. The van der Waals surface area contributed by atoms with Gasteiger partial charge in [0.05, 0.1) is 0 Å². The maximum absolute atomic E-state index is 12.2. The van der Waals surface area contributed by atoms with Crippen molar-refractivity contribution in [1.29, 1.82) is 0 Å². The number of para-hydroxylation sites is 1. The molecule has 0 unspecified atom stereocenters. The van der Waals surface area contributed by atoms with E-state index in [1.165, 1.54) is 0 Å². The number of carbonyl (C=O) groups is 1. The minimum absolute atomic E-state index is 0.250. The molecule has 2 N–H and O–H groups in total. The van der Waals surface area contributed by atoms with E-state index in [0.717, 1.165) is 16.9 Å². The third kappa shape index (κ3) is 3.88. The molecule has 1 amide bonds. The van der Waals surface area contributed by atoms with Gasteiger partial charge in [0, 0.05) is 16.4 Å². The van der Waals surface area contributed by atoms with Gasteiger partial charge in [-0.1, -0.05) is 29.8 Å². The Bertz CT molecular complexity index is 848. The first-order chi connectivity index (χ1) is 11.6. The molecule has 24 heavy (non-hydrogen) atoms. The largest absolute Gasteiger partial charge is 0.339 e. The number of nitrogens with zero attached hydrogens (tertiary/aromatic N) is 2. The van der Waals surface area contributed by atoms with E-state index in [-0.39, 0.29) is 11.6 Å². The van der Waals surface area contributed by atoms with Crippen LogP contribution < -0.4 is 10.6 Å². The van der Waals surface area contributed by atoms with Crippen LogP contribution in [0.1, 0.15) is 16.1 Å². The van der Waals surface area contributed by atoms with Crippen LogP contribution in [0.25, 0.3) is 0 Å². The lowest BCUT2D eigenvalue weighted by Crippen LogP contribution is -2.15. The van der Waals surface area contributed by atoms with Crippen molar-refractivity contribution in [2.45, 2.75) is 6.92 Å². The molecule has 0 radical (unpaired) electrons. The first-order valence-corrected chi connectivity index (χ1v) is 7.73. The van der Waals surface area contributed by atoms with Gasteiger partial charge in [-0.3, -0.25) is 4.79 Å². The number of benzene rings is 2. The Labute approximate surface area is 144 Å². The van der Waals surface area contributed by atoms with Gasteiger partial charge >= 0.3 is 0 Å². The van der Waals surface area contributed by atoms with Gasteiger partial charge < -0.3 is 10.6 Å². The molecule has 5 nitrogen and oxygen atoms in total. The van der Waals surface area contributed by atoms with Crippen LogP contribution in [0.5, 0.6) is 0 Å². The second kappa shape index (κ2) is 7.10. The number of hydrogen-bond acceptors (Lipinski definition) is 4. The number of nitrogens with one attached hydrogen (secondary N) is 2. The lowest BCUT2D eigenvalue weighted by Gasteiger charge is -2.08. The monoisotopic (exact) mass is 338 g/mol. The Morgan fingerprint density at radius 3 is 2.38 bits per heavy atom. The SMILES string of the molecule is Cc1ccccc1NC(=O)c1ccc(Nc2ccc(Cl)cc2)nn1. The quantitative estimate of drug-likeness (QED) is 0.738. The minimum atomic E-state index is -0.296. The van der Waals surface area contributed by atoms with Crippen molar-refractivity contribution in [2.24, 2.45) is 0 Å². The van der Waals surface area contributed by atoms with Crippen LogP contribution in [-0.2, 0) is 0 Å². The van der Waals surface area contributed by atoms with Gasteiger partial charge in [-0.05, 0) is 55.0 Å². The van der Waals surface area contributed by atoms with Crippen molar-refractivity contribution in [2.75, 3.05) is 10.6 Å². The number of halogens is 1. The molecule has 1 heterocycles. The van der Waals surface area contributed by atoms with Crippen LogP contribution in [0.3, 0.4) is 0 Å². The van der Waals surface area contributed by atoms with Crippen LogP contribution in [0, 0.1) is 6.92 Å². The first-order valence-electron chi connectivity index (χ1n) is 7.35. The van der Waals surface area contributed by atoms with E-state index in [9.17, 15) is 4.79 Å². The molecule has 2 aromatic carbocycles. The Hall–Kier alpha value is -2.92. The summed E-state index contributed by atoms with van der Waals surface area (Å²) in [6, 6.07) is 18.1. The Morgan fingerprint density at radius 1 is 0.958 bits per heavy atom. The zero-order valence-electron chi connectivity index (χ0n) is 13.0. The second-order valence-corrected chi connectivity index (χ2v) is 5.64. The molecular formula is C18H15ClN4O. The molecule has 3 aromatic rings. The number of aromatic nitrogens is 2. The minimum Gasteiger partial charge on any atom is -0.339 e. The number of amides is 1. The van der Waals surface area contributed by atoms with Gasteiger partial charge in [-0.2, -0.15) is 0 Å². The van der Waals surface area contributed by atoms with Crippen LogP contribution >= 0.6 is 11.6 Å². The summed E-state index contributed by atoms with van der Waals surface area (Å²) in [5.41, 5.74) is 2.83. The fraction of sp³-hybridized carbons (Fsp3) is 0.0556. The maximum atomic E-state index is 12.2. The lowest BCUT2D eigenvalue weighted by molar-refractivity contribution is 0.102. The maximum Gasteiger partial charge on any atom is 0.276 e. The van der Waals surface area contributed by atoms with Crippen molar-refractivity contribution in [3.63, 3.8) is 0 Å². The van der Waals surface area contributed by atoms with Crippen LogP contribution in [-0.4, -0.2) is 16.1 Å². The van der Waals surface area contributed by atoms with Crippen molar-refractivity contribution in [1.82, 2.24) is 10.2 Å². The number of carbonyl (C=O) groups excluding carboxylic acids is 1. The molecule has 0 aliphatic rings. The zero-order chi connectivity index (χ0) is 16.9. The van der Waals surface area contributed by atoms with Gasteiger partial charge in [0.2, 0.25) is 0 Å². The third-order valence-electron chi connectivity index (χ3n) is 3.41. The summed E-state index contributed by atoms with van der Waals surface area (Å²) in [6.07, 6.45) is 0. The molecule has 0 aliphatic heterocycles. The van der Waals surface area contributed by atoms with Gasteiger partial charge in [0.15, 0.2) is 11.5 Å². The molecule has 120 valence electrons. The predicted octanol–water partition coefficient (Wildman–Crippen LogP) is 4.43. The molecule has 3 rings (SSSR count). The molecule has 0 saturated carbocycles. The van der Waals surface area contributed by atoms with E-state index in [4.69, 9.17) is 11.6 Å². The highest BCUT2D eigenvalue weighted by Crippen LogP contribution is 2.18. The summed E-state index contributed by atoms with van der Waals surface area (Å²) >= 11 is 5.85. The van der Waals surface area contributed by atoms with E-state index in [1.807, 2.05) is 43.3 Å². The van der Waals surface area contributed by atoms with Crippen LogP contribution in [0.2, 0.25) is 5.02 Å². The fourth-order valence-corrected chi connectivity index (χ4v) is 2.23. The lowest BCUT2D eigenvalue weighted by atomic mass is 10.2. The van der Waals surface area contributed by atoms with E-state index in [2.05, 4.69) is 20.8 Å². The third-order valence-corrected chi connectivity index (χ3v) is 3.66. The molecule has 0 atom stereocenters. The van der Waals surface area contributed by atoms with E-state index >= 15 is 0 Å². The van der Waals surface area contributed by atoms with Crippen molar-refractivity contribution < 1.29 is 4.79 Å². The molecule has 0 fully saturated rings. The van der Waals surface area contributed by atoms with E-state index in [1.54, 1.807) is 24.3 Å². The number of rotatable bonds is 4.